The molecule has 0 saturated heterocycles. The fraction of sp³-hybridized carbons (Fsp3) is 0.333. The Morgan fingerprint density at radius 1 is 1.42 bits per heavy atom. The summed E-state index contributed by atoms with van der Waals surface area (Å²) in [6.45, 7) is 1.46. The number of likely N-dealkylation sites (N-methyl/N-ethyl adjacent to an activating group) is 1. The van der Waals surface area contributed by atoms with E-state index in [4.69, 9.17) is 28.3 Å². The Morgan fingerprint density at radius 3 is 2.63 bits per heavy atom. The first-order chi connectivity index (χ1) is 8.82. The van der Waals surface area contributed by atoms with E-state index in [0.717, 1.165) is 0 Å². The van der Waals surface area contributed by atoms with Crippen LogP contribution in [0.3, 0.4) is 0 Å². The fourth-order valence-corrected chi connectivity index (χ4v) is 2.63. The highest BCUT2D eigenvalue weighted by atomic mass is 35.5. The van der Waals surface area contributed by atoms with Gasteiger partial charge >= 0.3 is 5.97 Å². The summed E-state index contributed by atoms with van der Waals surface area (Å²) in [6, 6.07) is 4.12. The molecule has 1 aromatic rings. The number of nitrogens with zero attached hydrogens (tertiary/aromatic N) is 1. The summed E-state index contributed by atoms with van der Waals surface area (Å²) in [5.74, 6) is -1.22. The zero-order chi connectivity index (χ0) is 14.6. The molecule has 1 unspecified atom stereocenters. The number of carbonyl (C=O) groups is 2. The lowest BCUT2D eigenvalue weighted by Gasteiger charge is -2.21. The van der Waals surface area contributed by atoms with Gasteiger partial charge in [0.25, 0.3) is 0 Å². The molecule has 1 atom stereocenters. The highest BCUT2D eigenvalue weighted by Crippen LogP contribution is 2.29. The Labute approximate surface area is 125 Å². The lowest BCUT2D eigenvalue weighted by atomic mass is 10.3. The van der Waals surface area contributed by atoms with E-state index in [1.165, 1.54) is 30.6 Å². The minimum absolute atomic E-state index is 0.105. The van der Waals surface area contributed by atoms with E-state index in [1.54, 1.807) is 18.2 Å². The number of hydrogen-bond donors (Lipinski definition) is 1. The van der Waals surface area contributed by atoms with Gasteiger partial charge in [0.15, 0.2) is 0 Å². The van der Waals surface area contributed by atoms with Gasteiger partial charge in [0, 0.05) is 17.0 Å². The van der Waals surface area contributed by atoms with Gasteiger partial charge in [-0.1, -0.05) is 23.2 Å². The Hall–Kier alpha value is -0.910. The lowest BCUT2D eigenvalue weighted by Crippen LogP contribution is -2.41. The van der Waals surface area contributed by atoms with Gasteiger partial charge in [-0.2, -0.15) is 0 Å². The number of halogens is 2. The smallest absolute Gasteiger partial charge is 0.326 e. The maximum absolute atomic E-state index is 11.8. The van der Waals surface area contributed by atoms with E-state index in [9.17, 15) is 9.59 Å². The second-order valence-corrected chi connectivity index (χ2v) is 5.74. The largest absolute Gasteiger partial charge is 0.480 e. The first-order valence-corrected chi connectivity index (χ1v) is 7.13. The molecule has 1 rings (SSSR count). The maximum atomic E-state index is 11.8. The molecule has 1 N–H and O–H groups in total. The number of hydrogen-bond acceptors (Lipinski definition) is 3. The van der Waals surface area contributed by atoms with Crippen molar-refractivity contribution >= 4 is 46.8 Å². The van der Waals surface area contributed by atoms with Crippen molar-refractivity contribution in [3.05, 3.63) is 28.2 Å². The molecule has 19 heavy (non-hydrogen) atoms. The second-order valence-electron chi connectivity index (χ2n) is 3.88. The predicted octanol–water partition coefficient (Wildman–Crippen LogP) is 3.02. The standard InChI is InChI=1S/C12H13Cl2NO3S/c1-7(12(17)18)15(2)11(16)6-19-10-5-8(13)3-4-9(10)14/h3-5,7H,6H2,1-2H3,(H,17,18). The Balaban J connectivity index is 2.64. The number of aliphatic carboxylic acids is 1. The van der Waals surface area contributed by atoms with Gasteiger partial charge < -0.3 is 10.0 Å². The van der Waals surface area contributed by atoms with Crippen molar-refractivity contribution in [2.75, 3.05) is 12.8 Å². The summed E-state index contributed by atoms with van der Waals surface area (Å²) in [6.07, 6.45) is 0. The Kier molecular flexibility index (Phi) is 5.97. The molecule has 1 amide bonds. The maximum Gasteiger partial charge on any atom is 0.326 e. The van der Waals surface area contributed by atoms with Crippen LogP contribution in [0.2, 0.25) is 10.0 Å². The fourth-order valence-electron chi connectivity index (χ4n) is 1.21. The molecule has 0 aliphatic heterocycles. The third-order valence-corrected chi connectivity index (χ3v) is 4.29. The van der Waals surface area contributed by atoms with Gasteiger partial charge in [-0.05, 0) is 25.1 Å². The molecule has 0 heterocycles. The molecule has 0 spiro atoms. The van der Waals surface area contributed by atoms with Crippen LogP contribution in [0.5, 0.6) is 0 Å². The zero-order valence-corrected chi connectivity index (χ0v) is 12.7. The minimum Gasteiger partial charge on any atom is -0.480 e. The van der Waals surface area contributed by atoms with Gasteiger partial charge in [-0.15, -0.1) is 11.8 Å². The average Bonchev–Trinajstić information content (AvgIpc) is 2.37. The Bertz CT molecular complexity index is 496. The SMILES string of the molecule is CC(C(=O)O)N(C)C(=O)CSc1cc(Cl)ccc1Cl. The van der Waals surface area contributed by atoms with Gasteiger partial charge in [0.1, 0.15) is 6.04 Å². The van der Waals surface area contributed by atoms with Crippen molar-refractivity contribution in [1.82, 2.24) is 4.90 Å². The number of amides is 1. The summed E-state index contributed by atoms with van der Waals surface area (Å²) in [5, 5.41) is 9.87. The minimum atomic E-state index is -1.04. The number of carbonyl (C=O) groups excluding carboxylic acids is 1. The predicted molar refractivity (Wildman–Crippen MR) is 77.1 cm³/mol. The quantitative estimate of drug-likeness (QED) is 0.847. The van der Waals surface area contributed by atoms with Crippen molar-refractivity contribution < 1.29 is 14.7 Å². The third-order valence-electron chi connectivity index (χ3n) is 2.58. The first kappa shape index (κ1) is 16.1. The molecule has 0 fully saturated rings. The van der Waals surface area contributed by atoms with Crippen LogP contribution in [-0.4, -0.2) is 40.7 Å². The van der Waals surface area contributed by atoms with Crippen LogP contribution in [0, 0.1) is 0 Å². The highest BCUT2D eigenvalue weighted by Gasteiger charge is 2.21. The van der Waals surface area contributed by atoms with Crippen LogP contribution in [0.15, 0.2) is 23.1 Å². The number of carboxylic acid groups (broad SMARTS) is 1. The normalized spacial score (nSPS) is 12.0. The first-order valence-electron chi connectivity index (χ1n) is 5.39. The molecule has 104 valence electrons. The van der Waals surface area contributed by atoms with Crippen LogP contribution in [0.1, 0.15) is 6.92 Å². The van der Waals surface area contributed by atoms with Crippen LogP contribution in [-0.2, 0) is 9.59 Å². The molecule has 7 heteroatoms. The van der Waals surface area contributed by atoms with Crippen molar-refractivity contribution in [2.45, 2.75) is 17.9 Å². The second kappa shape index (κ2) is 7.03. The summed E-state index contributed by atoms with van der Waals surface area (Å²) in [4.78, 5) is 24.5. The number of thioether (sulfide) groups is 1. The molecule has 0 saturated carbocycles. The Morgan fingerprint density at radius 2 is 2.05 bits per heavy atom. The average molecular weight is 322 g/mol. The van der Waals surface area contributed by atoms with Gasteiger partial charge in [0.2, 0.25) is 5.91 Å². The molecule has 0 aliphatic carbocycles. The van der Waals surface area contributed by atoms with Crippen LogP contribution >= 0.6 is 35.0 Å². The monoisotopic (exact) mass is 321 g/mol. The molecule has 0 aliphatic rings. The number of carboxylic acids is 1. The van der Waals surface area contributed by atoms with E-state index >= 15 is 0 Å². The van der Waals surface area contributed by atoms with Crippen LogP contribution in [0.4, 0.5) is 0 Å². The van der Waals surface area contributed by atoms with Crippen molar-refractivity contribution in [3.63, 3.8) is 0 Å². The van der Waals surface area contributed by atoms with E-state index in [1.807, 2.05) is 0 Å². The van der Waals surface area contributed by atoms with Gasteiger partial charge in [-0.3, -0.25) is 4.79 Å². The molecular weight excluding hydrogens is 309 g/mol. The van der Waals surface area contributed by atoms with Crippen molar-refractivity contribution in [3.8, 4) is 0 Å². The van der Waals surface area contributed by atoms with E-state index < -0.39 is 12.0 Å². The van der Waals surface area contributed by atoms with Crippen molar-refractivity contribution in [1.29, 1.82) is 0 Å². The summed E-state index contributed by atoms with van der Waals surface area (Å²) in [5.41, 5.74) is 0. The number of benzene rings is 1. The lowest BCUT2D eigenvalue weighted by molar-refractivity contribution is -0.147. The highest BCUT2D eigenvalue weighted by molar-refractivity contribution is 8.00. The molecule has 0 radical (unpaired) electrons. The molecule has 0 aromatic heterocycles. The van der Waals surface area contributed by atoms with E-state index in [-0.39, 0.29) is 11.7 Å². The molecular formula is C12H13Cl2NO3S. The van der Waals surface area contributed by atoms with Crippen molar-refractivity contribution in [2.24, 2.45) is 0 Å². The van der Waals surface area contributed by atoms with E-state index in [0.29, 0.717) is 14.9 Å². The summed E-state index contributed by atoms with van der Waals surface area (Å²) >= 11 is 13.0. The number of rotatable bonds is 5. The molecule has 4 nitrogen and oxygen atoms in total. The topological polar surface area (TPSA) is 57.6 Å². The zero-order valence-electron chi connectivity index (χ0n) is 10.4. The summed E-state index contributed by atoms with van der Waals surface area (Å²) in [7, 11) is 1.46. The van der Waals surface area contributed by atoms with Gasteiger partial charge in [0.05, 0.1) is 10.8 Å². The van der Waals surface area contributed by atoms with Gasteiger partial charge in [-0.25, -0.2) is 4.79 Å². The third kappa shape index (κ3) is 4.60. The van der Waals surface area contributed by atoms with E-state index in [2.05, 4.69) is 0 Å². The summed E-state index contributed by atoms with van der Waals surface area (Å²) < 4.78 is 0. The van der Waals surface area contributed by atoms with Crippen LogP contribution in [0.25, 0.3) is 0 Å². The molecule has 0 bridgehead atoms. The molecule has 1 aromatic carbocycles. The van der Waals surface area contributed by atoms with Crippen LogP contribution < -0.4 is 0 Å².